The molecular weight excluding hydrogens is 518 g/mol. The largest absolute Gasteiger partial charge is 0.479 e. The molecule has 4 heterocycles. The number of ether oxygens (including phenoxy) is 1. The molecule has 0 spiro atoms. The topological polar surface area (TPSA) is 107 Å². The van der Waals surface area contributed by atoms with Crippen LogP contribution in [0.2, 0.25) is 0 Å². The molecule has 1 N–H and O–H groups in total. The minimum Gasteiger partial charge on any atom is -0.479 e. The predicted octanol–water partition coefficient (Wildman–Crippen LogP) is 2.94. The molecule has 0 unspecified atom stereocenters. The molecule has 15 heteroatoms. The third-order valence-electron chi connectivity index (χ3n) is 6.32. The smallest absolute Gasteiger partial charge is 0.281 e. The molecule has 0 amide bonds. The number of fused-ring (bicyclic) bond motifs is 2. The van der Waals surface area contributed by atoms with Crippen molar-refractivity contribution in [2.24, 2.45) is 0 Å². The Bertz CT molecular complexity index is 1590. The molecule has 1 saturated heterocycles. The van der Waals surface area contributed by atoms with Crippen LogP contribution in [0.5, 0.6) is 5.88 Å². The van der Waals surface area contributed by atoms with Crippen molar-refractivity contribution in [1.29, 1.82) is 0 Å². The Labute approximate surface area is 208 Å². The number of hydrogen-bond acceptors (Lipinski definition) is 7. The number of piperidine rings is 1. The van der Waals surface area contributed by atoms with Gasteiger partial charge >= 0.3 is 0 Å². The first-order chi connectivity index (χ1) is 17.5. The number of benzene rings is 1. The first-order valence-corrected chi connectivity index (χ1v) is 13.1. The van der Waals surface area contributed by atoms with Crippen LogP contribution in [-0.2, 0) is 16.6 Å². The minimum atomic E-state index is -3.76. The van der Waals surface area contributed by atoms with Crippen LogP contribution in [0.15, 0.2) is 30.7 Å². The van der Waals surface area contributed by atoms with E-state index in [0.29, 0.717) is 22.2 Å². The summed E-state index contributed by atoms with van der Waals surface area (Å²) in [5.74, 6) is -4.06. The molecule has 1 aliphatic rings. The lowest BCUT2D eigenvalue weighted by Crippen LogP contribution is -2.55. The number of nitrogens with zero attached hydrogens (tertiary/aromatic N) is 6. The third-order valence-corrected chi connectivity index (χ3v) is 7.57. The van der Waals surface area contributed by atoms with Gasteiger partial charge in [0.25, 0.3) is 5.92 Å². The van der Waals surface area contributed by atoms with Gasteiger partial charge in [-0.25, -0.2) is 35.5 Å². The van der Waals surface area contributed by atoms with Crippen LogP contribution in [0.25, 0.3) is 27.7 Å². The number of rotatable bonds is 7. The summed E-state index contributed by atoms with van der Waals surface area (Å²) in [6, 6.07) is 3.19. The van der Waals surface area contributed by atoms with Gasteiger partial charge in [-0.3, -0.25) is 0 Å². The second-order valence-corrected chi connectivity index (χ2v) is 10.7. The van der Waals surface area contributed by atoms with Gasteiger partial charge in [0, 0.05) is 18.3 Å². The van der Waals surface area contributed by atoms with Gasteiger partial charge in [-0.05, 0) is 30.2 Å². The van der Waals surface area contributed by atoms with E-state index in [1.807, 2.05) is 0 Å². The molecule has 0 radical (unpaired) electrons. The zero-order valence-corrected chi connectivity index (χ0v) is 20.6. The highest BCUT2D eigenvalue weighted by Gasteiger charge is 2.47. The van der Waals surface area contributed by atoms with Crippen molar-refractivity contribution in [2.75, 3.05) is 38.4 Å². The Balaban J connectivity index is 1.50. The SMILES string of the molecule is COc1nc(N[C@@H]2CCN(S(C)(=O)=O)CC2(F)F)nn2ccc(-c3cc(F)c4ncn(CCF)c4c3)c12. The molecule has 198 valence electrons. The Morgan fingerprint density at radius 3 is 2.76 bits per heavy atom. The molecule has 10 nitrogen and oxygen atoms in total. The van der Waals surface area contributed by atoms with Crippen LogP contribution >= 0.6 is 0 Å². The maximum Gasteiger partial charge on any atom is 0.281 e. The van der Waals surface area contributed by atoms with Gasteiger partial charge in [0.05, 0.1) is 44.3 Å². The number of alkyl halides is 3. The highest BCUT2D eigenvalue weighted by molar-refractivity contribution is 7.88. The summed E-state index contributed by atoms with van der Waals surface area (Å²) in [4.78, 5) is 8.25. The quantitative estimate of drug-likeness (QED) is 0.359. The van der Waals surface area contributed by atoms with Gasteiger partial charge in [0.2, 0.25) is 21.9 Å². The van der Waals surface area contributed by atoms with E-state index in [2.05, 4.69) is 20.4 Å². The summed E-state index contributed by atoms with van der Waals surface area (Å²) < 4.78 is 89.7. The monoisotopic (exact) mass is 541 g/mol. The van der Waals surface area contributed by atoms with Crippen LogP contribution in [0.4, 0.5) is 23.5 Å². The van der Waals surface area contributed by atoms with Crippen molar-refractivity contribution < 1.29 is 30.7 Å². The van der Waals surface area contributed by atoms with E-state index < -0.39 is 41.0 Å². The molecule has 3 aromatic heterocycles. The standard InChI is InChI=1S/C22H23F4N7O3S/c1-36-20-19-14(13-9-15(24)18-16(10-13)31(8-5-23)12-27-18)3-7-33(19)30-21(29-20)28-17-4-6-32(37(2,34)35)11-22(17,25)26/h3,7,9-10,12,17H,4-6,8,11H2,1-2H3,(H,28,30)/t17-/m1/s1. The lowest BCUT2D eigenvalue weighted by Gasteiger charge is -2.37. The van der Waals surface area contributed by atoms with Crippen LogP contribution < -0.4 is 10.1 Å². The number of hydrogen-bond donors (Lipinski definition) is 1. The number of anilines is 1. The van der Waals surface area contributed by atoms with Crippen molar-refractivity contribution in [1.82, 2.24) is 28.5 Å². The summed E-state index contributed by atoms with van der Waals surface area (Å²) in [6.45, 7) is -1.66. The third kappa shape index (κ3) is 4.56. The Morgan fingerprint density at radius 1 is 1.30 bits per heavy atom. The number of imidazole rings is 1. The van der Waals surface area contributed by atoms with Crippen molar-refractivity contribution in [3.8, 4) is 17.0 Å². The average molecular weight is 542 g/mol. The molecule has 0 saturated carbocycles. The lowest BCUT2D eigenvalue weighted by atomic mass is 10.0. The second kappa shape index (κ2) is 9.13. The summed E-state index contributed by atoms with van der Waals surface area (Å²) in [5.41, 5.74) is 1.83. The molecule has 1 fully saturated rings. The summed E-state index contributed by atoms with van der Waals surface area (Å²) in [6.07, 6.45) is 3.64. The molecule has 0 bridgehead atoms. The van der Waals surface area contributed by atoms with E-state index in [9.17, 15) is 26.0 Å². The van der Waals surface area contributed by atoms with Crippen molar-refractivity contribution in [3.05, 3.63) is 36.5 Å². The summed E-state index contributed by atoms with van der Waals surface area (Å²) in [5, 5.41) is 6.88. The molecule has 1 aliphatic heterocycles. The van der Waals surface area contributed by atoms with E-state index in [-0.39, 0.29) is 36.9 Å². The van der Waals surface area contributed by atoms with Gasteiger partial charge in [-0.1, -0.05) is 0 Å². The number of sulfonamides is 1. The maximum absolute atomic E-state index is 14.8. The van der Waals surface area contributed by atoms with Crippen LogP contribution in [0.3, 0.4) is 0 Å². The van der Waals surface area contributed by atoms with Crippen molar-refractivity contribution in [2.45, 2.75) is 24.9 Å². The number of aromatic nitrogens is 5. The zero-order valence-electron chi connectivity index (χ0n) is 19.8. The molecule has 1 aromatic carbocycles. The number of aryl methyl sites for hydroxylation is 1. The van der Waals surface area contributed by atoms with E-state index in [1.54, 1.807) is 18.3 Å². The Hall–Kier alpha value is -3.46. The zero-order chi connectivity index (χ0) is 26.5. The van der Waals surface area contributed by atoms with Gasteiger partial charge in [-0.15, -0.1) is 5.10 Å². The lowest BCUT2D eigenvalue weighted by molar-refractivity contribution is -0.0541. The minimum absolute atomic E-state index is 0.0190. The van der Waals surface area contributed by atoms with E-state index in [4.69, 9.17) is 4.74 Å². The number of nitrogens with one attached hydrogen (secondary N) is 1. The van der Waals surface area contributed by atoms with Crippen LogP contribution in [0, 0.1) is 5.82 Å². The average Bonchev–Trinajstić information content (AvgIpc) is 3.44. The van der Waals surface area contributed by atoms with Crippen molar-refractivity contribution in [3.63, 3.8) is 0 Å². The number of halogens is 4. The highest BCUT2D eigenvalue weighted by Crippen LogP contribution is 2.35. The fraction of sp³-hybridized carbons (Fsp3) is 0.409. The van der Waals surface area contributed by atoms with Gasteiger partial charge in [-0.2, -0.15) is 9.29 Å². The molecule has 0 aliphatic carbocycles. The maximum atomic E-state index is 14.8. The molecule has 5 rings (SSSR count). The molecule has 37 heavy (non-hydrogen) atoms. The fourth-order valence-electron chi connectivity index (χ4n) is 4.50. The first-order valence-electron chi connectivity index (χ1n) is 11.3. The summed E-state index contributed by atoms with van der Waals surface area (Å²) >= 11 is 0. The number of methoxy groups -OCH3 is 1. The normalized spacial score (nSPS) is 18.5. The highest BCUT2D eigenvalue weighted by atomic mass is 32.2. The fourth-order valence-corrected chi connectivity index (χ4v) is 5.34. The first kappa shape index (κ1) is 25.2. The van der Waals surface area contributed by atoms with E-state index in [1.165, 1.54) is 28.6 Å². The molecule has 1 atom stereocenters. The van der Waals surface area contributed by atoms with E-state index in [0.717, 1.165) is 10.6 Å². The summed E-state index contributed by atoms with van der Waals surface area (Å²) in [7, 11) is -2.41. The van der Waals surface area contributed by atoms with Crippen molar-refractivity contribution >= 4 is 32.5 Å². The molecule has 4 aromatic rings. The van der Waals surface area contributed by atoms with Crippen LogP contribution in [-0.4, -0.2) is 82.0 Å². The van der Waals surface area contributed by atoms with Crippen LogP contribution in [0.1, 0.15) is 6.42 Å². The second-order valence-electron chi connectivity index (χ2n) is 8.76. The van der Waals surface area contributed by atoms with Gasteiger partial charge in [0.1, 0.15) is 17.7 Å². The Kier molecular flexibility index (Phi) is 6.22. The van der Waals surface area contributed by atoms with Gasteiger partial charge in [0.15, 0.2) is 5.82 Å². The van der Waals surface area contributed by atoms with Gasteiger partial charge < -0.3 is 14.6 Å². The molecular formula is C22H23F4N7O3S. The Morgan fingerprint density at radius 2 is 2.08 bits per heavy atom. The van der Waals surface area contributed by atoms with E-state index >= 15 is 0 Å². The predicted molar refractivity (Wildman–Crippen MR) is 128 cm³/mol.